The van der Waals surface area contributed by atoms with E-state index < -0.39 is 28.1 Å². The Morgan fingerprint density at radius 1 is 0.892 bits per heavy atom. The molecule has 0 aliphatic carbocycles. The summed E-state index contributed by atoms with van der Waals surface area (Å²) >= 11 is 5.97. The third kappa shape index (κ3) is 5.19. The summed E-state index contributed by atoms with van der Waals surface area (Å²) in [5, 5.41) is 3.52. The number of carbonyl (C=O) groups excluding carboxylic acids is 1. The van der Waals surface area contributed by atoms with Gasteiger partial charge in [0, 0.05) is 5.02 Å². The highest BCUT2D eigenvalue weighted by Gasteiger charge is 2.38. The van der Waals surface area contributed by atoms with Crippen LogP contribution in [-0.2, 0) is 14.8 Å². The molecule has 1 N–H and O–H groups in total. The number of hydrogen-bond donors (Lipinski definition) is 1. The van der Waals surface area contributed by atoms with Gasteiger partial charge in [0.2, 0.25) is 0 Å². The third-order valence-corrected chi connectivity index (χ3v) is 8.30. The van der Waals surface area contributed by atoms with Crippen LogP contribution in [0.3, 0.4) is 0 Å². The Bertz CT molecular complexity index is 1510. The van der Waals surface area contributed by atoms with Gasteiger partial charge in [-0.1, -0.05) is 83.9 Å². The smallest absolute Gasteiger partial charge is 0.264 e. The number of amides is 1. The van der Waals surface area contributed by atoms with Gasteiger partial charge >= 0.3 is 0 Å². The topological polar surface area (TPSA) is 75.7 Å². The van der Waals surface area contributed by atoms with Crippen LogP contribution in [0, 0.1) is 6.92 Å². The quantitative estimate of drug-likeness (QED) is 0.355. The summed E-state index contributed by atoms with van der Waals surface area (Å²) < 4.78 is 34.5. The largest absolute Gasteiger partial charge is 0.476 e. The predicted molar refractivity (Wildman–Crippen MR) is 144 cm³/mol. The zero-order valence-electron chi connectivity index (χ0n) is 20.0. The number of sulfonamides is 1. The molecule has 5 rings (SSSR count). The molecule has 6 nitrogen and oxygen atoms in total. The van der Waals surface area contributed by atoms with Crippen molar-refractivity contribution in [1.29, 1.82) is 0 Å². The minimum absolute atomic E-state index is 0.0783. The van der Waals surface area contributed by atoms with E-state index in [-0.39, 0.29) is 11.4 Å². The van der Waals surface area contributed by atoms with Gasteiger partial charge in [-0.05, 0) is 54.4 Å². The number of rotatable bonds is 6. The molecular weight excluding hydrogens is 508 g/mol. The van der Waals surface area contributed by atoms with E-state index >= 15 is 0 Å². The molecular formula is C29H25ClN2O4S. The first kappa shape index (κ1) is 24.9. The fourth-order valence-corrected chi connectivity index (χ4v) is 5.90. The molecule has 0 unspecified atom stereocenters. The van der Waals surface area contributed by atoms with Crippen molar-refractivity contribution in [2.75, 3.05) is 10.8 Å². The monoisotopic (exact) mass is 532 g/mol. The van der Waals surface area contributed by atoms with Gasteiger partial charge in [-0.3, -0.25) is 9.10 Å². The van der Waals surface area contributed by atoms with Crippen LogP contribution in [-0.4, -0.2) is 27.0 Å². The van der Waals surface area contributed by atoms with E-state index in [4.69, 9.17) is 16.3 Å². The number of nitrogens with one attached hydrogen (secondary N) is 1. The summed E-state index contributed by atoms with van der Waals surface area (Å²) in [6.45, 7) is 1.83. The second-order valence-corrected chi connectivity index (χ2v) is 11.1. The molecule has 1 heterocycles. The molecule has 0 bridgehead atoms. The summed E-state index contributed by atoms with van der Waals surface area (Å²) in [5.41, 5.74) is 3.30. The van der Waals surface area contributed by atoms with E-state index in [1.54, 1.807) is 24.3 Å². The number of halogens is 1. The van der Waals surface area contributed by atoms with Crippen molar-refractivity contribution in [3.8, 4) is 5.75 Å². The number of anilines is 1. The normalized spacial score (nSPS) is 15.8. The summed E-state index contributed by atoms with van der Waals surface area (Å²) in [7, 11) is -3.98. The highest BCUT2D eigenvalue weighted by Crippen LogP contribution is 2.37. The maximum absolute atomic E-state index is 13.6. The Morgan fingerprint density at radius 2 is 1.51 bits per heavy atom. The van der Waals surface area contributed by atoms with E-state index in [9.17, 15) is 13.2 Å². The number of benzene rings is 4. The Labute approximate surface area is 221 Å². The molecule has 2 atom stereocenters. The van der Waals surface area contributed by atoms with Crippen molar-refractivity contribution in [2.24, 2.45) is 0 Å². The van der Waals surface area contributed by atoms with Crippen molar-refractivity contribution in [3.05, 3.63) is 125 Å². The molecule has 0 saturated heterocycles. The highest BCUT2D eigenvalue weighted by atomic mass is 35.5. The van der Waals surface area contributed by atoms with Crippen LogP contribution in [0.25, 0.3) is 0 Å². The van der Waals surface area contributed by atoms with Gasteiger partial charge < -0.3 is 10.1 Å². The summed E-state index contributed by atoms with van der Waals surface area (Å²) in [5.74, 6) is -0.0988. The number of hydrogen-bond acceptors (Lipinski definition) is 4. The molecule has 1 aliphatic rings. The van der Waals surface area contributed by atoms with Crippen LogP contribution >= 0.6 is 11.6 Å². The number of para-hydroxylation sites is 2. The lowest BCUT2D eigenvalue weighted by Crippen LogP contribution is -2.51. The number of fused-ring (bicyclic) bond motifs is 1. The minimum Gasteiger partial charge on any atom is -0.476 e. The van der Waals surface area contributed by atoms with Crippen LogP contribution in [0.1, 0.15) is 22.7 Å². The number of nitrogens with zero attached hydrogens (tertiary/aromatic N) is 1. The van der Waals surface area contributed by atoms with Crippen molar-refractivity contribution in [1.82, 2.24) is 5.32 Å². The Morgan fingerprint density at radius 3 is 2.22 bits per heavy atom. The summed E-state index contributed by atoms with van der Waals surface area (Å²) in [4.78, 5) is 13.7. The average molecular weight is 533 g/mol. The summed E-state index contributed by atoms with van der Waals surface area (Å²) in [6.07, 6.45) is -1.06. The van der Waals surface area contributed by atoms with Crippen LogP contribution in [0.4, 0.5) is 5.69 Å². The van der Waals surface area contributed by atoms with Gasteiger partial charge in [0.05, 0.1) is 23.2 Å². The molecule has 0 fully saturated rings. The van der Waals surface area contributed by atoms with Crippen LogP contribution in [0.5, 0.6) is 5.75 Å². The molecule has 4 aromatic rings. The van der Waals surface area contributed by atoms with Gasteiger partial charge in [-0.25, -0.2) is 8.42 Å². The van der Waals surface area contributed by atoms with Gasteiger partial charge in [-0.15, -0.1) is 0 Å². The summed E-state index contributed by atoms with van der Waals surface area (Å²) in [6, 6.07) is 29.9. The van der Waals surface area contributed by atoms with E-state index in [0.29, 0.717) is 16.5 Å². The molecule has 188 valence electrons. The lowest BCUT2D eigenvalue weighted by atomic mass is 9.97. The first-order chi connectivity index (χ1) is 17.8. The van der Waals surface area contributed by atoms with E-state index in [2.05, 4.69) is 5.32 Å². The van der Waals surface area contributed by atoms with Crippen molar-refractivity contribution < 1.29 is 17.9 Å². The molecule has 8 heteroatoms. The second kappa shape index (κ2) is 10.3. The molecule has 1 amide bonds. The van der Waals surface area contributed by atoms with Crippen molar-refractivity contribution in [2.45, 2.75) is 24.0 Å². The fraction of sp³-hybridized carbons (Fsp3) is 0.138. The third-order valence-electron chi connectivity index (χ3n) is 6.26. The number of ether oxygens (including phenoxy) is 1. The Hall–Kier alpha value is -3.81. The fourth-order valence-electron chi connectivity index (χ4n) is 4.30. The lowest BCUT2D eigenvalue weighted by Gasteiger charge is -2.35. The zero-order chi connectivity index (χ0) is 26.0. The van der Waals surface area contributed by atoms with Crippen LogP contribution < -0.4 is 14.4 Å². The molecule has 0 saturated carbocycles. The van der Waals surface area contributed by atoms with Crippen LogP contribution in [0.2, 0.25) is 5.02 Å². The molecule has 4 aromatic carbocycles. The SMILES string of the molecule is Cc1ccc([C@@H](NC(=O)[C@@H]2CN(S(=O)(=O)c3ccc(Cl)cc3)c3ccccc3O2)c2ccccc2)cc1. The highest BCUT2D eigenvalue weighted by molar-refractivity contribution is 7.92. The van der Waals surface area contributed by atoms with Crippen molar-refractivity contribution >= 4 is 33.2 Å². The standard InChI is InChI=1S/C29H25ClN2O4S/c1-20-11-13-22(14-12-20)28(21-7-3-2-4-8-21)31-29(33)27-19-32(25-9-5-6-10-26(25)36-27)37(34,35)24-17-15-23(30)16-18-24/h2-18,27-28H,19H2,1H3,(H,31,33)/t27-,28-/m0/s1. The minimum atomic E-state index is -3.98. The lowest BCUT2D eigenvalue weighted by molar-refractivity contribution is -0.128. The van der Waals surface area contributed by atoms with Gasteiger partial charge in [-0.2, -0.15) is 0 Å². The second-order valence-electron chi connectivity index (χ2n) is 8.83. The predicted octanol–water partition coefficient (Wildman–Crippen LogP) is 5.51. The van der Waals surface area contributed by atoms with Crippen molar-refractivity contribution in [3.63, 3.8) is 0 Å². The zero-order valence-corrected chi connectivity index (χ0v) is 21.6. The Balaban J connectivity index is 1.47. The number of carbonyl (C=O) groups is 1. The maximum Gasteiger partial charge on any atom is 0.264 e. The van der Waals surface area contributed by atoms with Gasteiger partial charge in [0.25, 0.3) is 15.9 Å². The molecule has 0 aromatic heterocycles. The molecule has 37 heavy (non-hydrogen) atoms. The first-order valence-electron chi connectivity index (χ1n) is 11.8. The van der Waals surface area contributed by atoms with E-state index in [1.807, 2.05) is 61.5 Å². The molecule has 0 radical (unpaired) electrons. The molecule has 0 spiro atoms. The van der Waals surface area contributed by atoms with Gasteiger partial charge in [0.1, 0.15) is 5.75 Å². The van der Waals surface area contributed by atoms with Crippen LogP contribution in [0.15, 0.2) is 108 Å². The van der Waals surface area contributed by atoms with Gasteiger partial charge in [0.15, 0.2) is 6.10 Å². The average Bonchev–Trinajstić information content (AvgIpc) is 2.92. The maximum atomic E-state index is 13.6. The molecule has 1 aliphatic heterocycles. The Kier molecular flexibility index (Phi) is 6.91. The first-order valence-corrected chi connectivity index (χ1v) is 13.6. The van der Waals surface area contributed by atoms with E-state index in [1.165, 1.54) is 28.6 Å². The number of aryl methyl sites for hydroxylation is 1. The van der Waals surface area contributed by atoms with E-state index in [0.717, 1.165) is 16.7 Å².